The lowest BCUT2D eigenvalue weighted by Gasteiger charge is -2.11. The van der Waals surface area contributed by atoms with Crippen LogP contribution in [0.5, 0.6) is 0 Å². The van der Waals surface area contributed by atoms with E-state index < -0.39 is 12.0 Å². The third kappa shape index (κ3) is 2.93. The van der Waals surface area contributed by atoms with E-state index >= 15 is 0 Å². The molecular weight excluding hydrogens is 206 g/mol. The molecule has 1 rings (SSSR count). The van der Waals surface area contributed by atoms with Crippen LogP contribution in [0.1, 0.15) is 23.2 Å². The number of carboxylic acids is 1. The molecule has 0 aliphatic carbocycles. The highest BCUT2D eigenvalue weighted by molar-refractivity contribution is 5.73. The van der Waals surface area contributed by atoms with Crippen LogP contribution in [0, 0.1) is 13.8 Å². The first-order chi connectivity index (χ1) is 7.41. The van der Waals surface area contributed by atoms with Crippen LogP contribution in [0.4, 0.5) is 5.82 Å². The van der Waals surface area contributed by atoms with Gasteiger partial charge in [0.05, 0.1) is 0 Å². The number of rotatable bonds is 4. The molecule has 0 amide bonds. The van der Waals surface area contributed by atoms with Gasteiger partial charge in [-0.15, -0.1) is 0 Å². The Hall–Kier alpha value is -1.62. The smallest absolute Gasteiger partial charge is 0.320 e. The summed E-state index contributed by atoms with van der Waals surface area (Å²) in [5, 5.41) is 8.68. The predicted octanol–water partition coefficient (Wildman–Crippen LogP) is 0.625. The van der Waals surface area contributed by atoms with Crippen LogP contribution in [0.25, 0.3) is 0 Å². The Morgan fingerprint density at radius 2 is 2.19 bits per heavy atom. The van der Waals surface area contributed by atoms with E-state index in [1.807, 2.05) is 13.8 Å². The topological polar surface area (TPSA) is 102 Å². The molecule has 1 heterocycles. The van der Waals surface area contributed by atoms with Gasteiger partial charge in [-0.05, 0) is 43.9 Å². The maximum absolute atomic E-state index is 10.6. The summed E-state index contributed by atoms with van der Waals surface area (Å²) in [6.07, 6.45) is 1.01. The Balaban J connectivity index is 2.78. The second kappa shape index (κ2) is 4.94. The summed E-state index contributed by atoms with van der Waals surface area (Å²) in [4.78, 5) is 14.7. The van der Waals surface area contributed by atoms with Gasteiger partial charge in [-0.25, -0.2) is 4.98 Å². The number of carboxylic acid groups (broad SMARTS) is 1. The minimum absolute atomic E-state index is 0.405. The SMILES string of the molecule is Cc1cc(N)nc(C)c1CC[C@@H](N)C(=O)O. The standard InChI is InChI=1S/C11H17N3O2/c1-6-5-10(13)14-7(2)8(6)3-4-9(12)11(15)16/h5,9H,3-4,12H2,1-2H3,(H2,13,14)(H,15,16)/t9-/m1/s1. The van der Waals surface area contributed by atoms with Gasteiger partial charge in [-0.1, -0.05) is 0 Å². The van der Waals surface area contributed by atoms with E-state index in [-0.39, 0.29) is 0 Å². The predicted molar refractivity (Wildman–Crippen MR) is 62.1 cm³/mol. The molecule has 0 aromatic carbocycles. The van der Waals surface area contributed by atoms with Crippen molar-refractivity contribution < 1.29 is 9.90 Å². The molecule has 88 valence electrons. The van der Waals surface area contributed by atoms with Crippen molar-refractivity contribution >= 4 is 11.8 Å². The summed E-state index contributed by atoms with van der Waals surface area (Å²) in [6, 6.07) is 0.964. The lowest BCUT2D eigenvalue weighted by molar-refractivity contribution is -0.138. The van der Waals surface area contributed by atoms with Gasteiger partial charge in [0.15, 0.2) is 0 Å². The highest BCUT2D eigenvalue weighted by atomic mass is 16.4. The second-order valence-electron chi connectivity index (χ2n) is 3.91. The van der Waals surface area contributed by atoms with E-state index in [9.17, 15) is 4.79 Å². The van der Waals surface area contributed by atoms with Gasteiger partial charge in [0.1, 0.15) is 11.9 Å². The average Bonchev–Trinajstić information content (AvgIpc) is 2.15. The van der Waals surface area contributed by atoms with Gasteiger partial charge >= 0.3 is 5.97 Å². The maximum Gasteiger partial charge on any atom is 0.320 e. The summed E-state index contributed by atoms with van der Waals surface area (Å²) in [5.41, 5.74) is 14.0. The van der Waals surface area contributed by atoms with Gasteiger partial charge < -0.3 is 16.6 Å². The molecule has 0 aliphatic heterocycles. The number of nitrogen functional groups attached to an aromatic ring is 1. The normalized spacial score (nSPS) is 12.4. The minimum atomic E-state index is -0.973. The molecule has 0 radical (unpaired) electrons. The molecule has 0 bridgehead atoms. The van der Waals surface area contributed by atoms with Crippen molar-refractivity contribution in [2.45, 2.75) is 32.7 Å². The Morgan fingerprint density at radius 3 is 2.69 bits per heavy atom. The fourth-order valence-electron chi connectivity index (χ4n) is 1.69. The summed E-state index contributed by atoms with van der Waals surface area (Å²) in [7, 11) is 0. The van der Waals surface area contributed by atoms with Crippen molar-refractivity contribution in [3.63, 3.8) is 0 Å². The van der Waals surface area contributed by atoms with E-state index in [2.05, 4.69) is 4.98 Å². The number of aromatic nitrogens is 1. The van der Waals surface area contributed by atoms with Crippen LogP contribution >= 0.6 is 0 Å². The number of hydrogen-bond donors (Lipinski definition) is 3. The zero-order chi connectivity index (χ0) is 12.3. The molecule has 1 atom stereocenters. The zero-order valence-electron chi connectivity index (χ0n) is 9.53. The highest BCUT2D eigenvalue weighted by Gasteiger charge is 2.13. The lowest BCUT2D eigenvalue weighted by atomic mass is 10.0. The van der Waals surface area contributed by atoms with Crippen LogP contribution in [0.15, 0.2) is 6.07 Å². The Bertz CT molecular complexity index is 381. The minimum Gasteiger partial charge on any atom is -0.480 e. The number of carbonyl (C=O) groups is 1. The van der Waals surface area contributed by atoms with E-state index in [0.717, 1.165) is 16.8 Å². The number of nitrogens with two attached hydrogens (primary N) is 2. The lowest BCUT2D eigenvalue weighted by Crippen LogP contribution is -2.30. The van der Waals surface area contributed by atoms with Crippen molar-refractivity contribution in [1.29, 1.82) is 0 Å². The molecule has 0 saturated carbocycles. The third-order valence-electron chi connectivity index (χ3n) is 2.60. The van der Waals surface area contributed by atoms with Crippen molar-refractivity contribution in [1.82, 2.24) is 4.98 Å². The van der Waals surface area contributed by atoms with Gasteiger partial charge in [0.2, 0.25) is 0 Å². The second-order valence-corrected chi connectivity index (χ2v) is 3.91. The van der Waals surface area contributed by atoms with Crippen molar-refractivity contribution in [3.05, 3.63) is 22.9 Å². The van der Waals surface area contributed by atoms with Crippen LogP contribution < -0.4 is 11.5 Å². The molecule has 5 heteroatoms. The van der Waals surface area contributed by atoms with E-state index in [1.165, 1.54) is 0 Å². The highest BCUT2D eigenvalue weighted by Crippen LogP contribution is 2.16. The molecule has 1 aromatic rings. The number of aryl methyl sites for hydroxylation is 2. The number of anilines is 1. The molecule has 0 fully saturated rings. The molecule has 1 aromatic heterocycles. The fourth-order valence-corrected chi connectivity index (χ4v) is 1.69. The molecule has 16 heavy (non-hydrogen) atoms. The van der Waals surface area contributed by atoms with Crippen LogP contribution in [-0.2, 0) is 11.2 Å². The Labute approximate surface area is 94.5 Å². The summed E-state index contributed by atoms with van der Waals surface area (Å²) in [6.45, 7) is 3.80. The molecule has 5 N–H and O–H groups in total. The third-order valence-corrected chi connectivity index (χ3v) is 2.60. The van der Waals surface area contributed by atoms with Gasteiger partial charge in [0.25, 0.3) is 0 Å². The molecule has 0 unspecified atom stereocenters. The number of hydrogen-bond acceptors (Lipinski definition) is 4. The van der Waals surface area contributed by atoms with Crippen LogP contribution in [0.3, 0.4) is 0 Å². The summed E-state index contributed by atoms with van der Waals surface area (Å²) >= 11 is 0. The number of nitrogens with zero attached hydrogens (tertiary/aromatic N) is 1. The van der Waals surface area contributed by atoms with E-state index in [0.29, 0.717) is 18.7 Å². The van der Waals surface area contributed by atoms with Crippen LogP contribution in [-0.4, -0.2) is 22.1 Å². The molecule has 0 saturated heterocycles. The summed E-state index contributed by atoms with van der Waals surface area (Å²) in [5.74, 6) is -0.486. The van der Waals surface area contributed by atoms with Crippen LogP contribution in [0.2, 0.25) is 0 Å². The van der Waals surface area contributed by atoms with Crippen molar-refractivity contribution in [3.8, 4) is 0 Å². The number of aliphatic carboxylic acids is 1. The first kappa shape index (κ1) is 12.4. The Morgan fingerprint density at radius 1 is 1.56 bits per heavy atom. The van der Waals surface area contributed by atoms with E-state index in [4.69, 9.17) is 16.6 Å². The van der Waals surface area contributed by atoms with Gasteiger partial charge in [0, 0.05) is 5.69 Å². The van der Waals surface area contributed by atoms with Crippen molar-refractivity contribution in [2.24, 2.45) is 5.73 Å². The fraction of sp³-hybridized carbons (Fsp3) is 0.455. The Kier molecular flexibility index (Phi) is 3.84. The van der Waals surface area contributed by atoms with Crippen molar-refractivity contribution in [2.75, 3.05) is 5.73 Å². The molecule has 0 spiro atoms. The quantitative estimate of drug-likeness (QED) is 0.694. The average molecular weight is 223 g/mol. The largest absolute Gasteiger partial charge is 0.480 e. The molecule has 5 nitrogen and oxygen atoms in total. The molecule has 0 aliphatic rings. The van der Waals surface area contributed by atoms with Gasteiger partial charge in [-0.2, -0.15) is 0 Å². The first-order valence-corrected chi connectivity index (χ1v) is 5.12. The maximum atomic E-state index is 10.6. The first-order valence-electron chi connectivity index (χ1n) is 5.12. The van der Waals surface area contributed by atoms with E-state index in [1.54, 1.807) is 6.07 Å². The summed E-state index contributed by atoms with van der Waals surface area (Å²) < 4.78 is 0. The van der Waals surface area contributed by atoms with Gasteiger partial charge in [-0.3, -0.25) is 4.79 Å². The zero-order valence-corrected chi connectivity index (χ0v) is 9.53. The monoisotopic (exact) mass is 223 g/mol. The number of pyridine rings is 1. The molecular formula is C11H17N3O2.